The molecule has 1 aromatic carbocycles. The highest BCUT2D eigenvalue weighted by molar-refractivity contribution is 7.10. The highest BCUT2D eigenvalue weighted by Crippen LogP contribution is 2.39. The number of likely N-dealkylation sites (tertiary alicyclic amines) is 1. The van der Waals surface area contributed by atoms with Crippen LogP contribution in [0.25, 0.3) is 0 Å². The standard InChI is InChI=1S/C22H29N3OS/c1-23-11-9-22(10-12-23,19-6-3-2-4-7-19)25-15-13-24(14-16-25)21(26)18-20-8-5-17-27-20/h2-8,17H,9-16,18H2,1H3. The summed E-state index contributed by atoms with van der Waals surface area (Å²) < 4.78 is 0. The van der Waals surface area contributed by atoms with E-state index in [1.807, 2.05) is 11.4 Å². The van der Waals surface area contributed by atoms with Crippen LogP contribution in [0.4, 0.5) is 0 Å². The lowest BCUT2D eigenvalue weighted by molar-refractivity contribution is -0.133. The van der Waals surface area contributed by atoms with E-state index in [4.69, 9.17) is 0 Å². The number of rotatable bonds is 4. The third kappa shape index (κ3) is 3.96. The number of carbonyl (C=O) groups excluding carboxylic acids is 1. The normalized spacial score (nSPS) is 21.3. The molecule has 0 atom stereocenters. The van der Waals surface area contributed by atoms with Gasteiger partial charge in [-0.15, -0.1) is 11.3 Å². The van der Waals surface area contributed by atoms with E-state index < -0.39 is 0 Å². The van der Waals surface area contributed by atoms with Crippen molar-refractivity contribution < 1.29 is 4.79 Å². The number of thiophene rings is 1. The van der Waals surface area contributed by atoms with E-state index in [0.717, 1.165) is 52.1 Å². The fourth-order valence-corrected chi connectivity index (χ4v) is 5.28. The zero-order valence-corrected chi connectivity index (χ0v) is 17.0. The zero-order valence-electron chi connectivity index (χ0n) is 16.1. The summed E-state index contributed by atoms with van der Waals surface area (Å²) in [5.41, 5.74) is 1.56. The van der Waals surface area contributed by atoms with Crippen LogP contribution in [0.3, 0.4) is 0 Å². The van der Waals surface area contributed by atoms with Crippen molar-refractivity contribution in [3.05, 3.63) is 58.3 Å². The molecule has 1 amide bonds. The first-order valence-corrected chi connectivity index (χ1v) is 10.8. The largest absolute Gasteiger partial charge is 0.340 e. The van der Waals surface area contributed by atoms with Crippen LogP contribution in [-0.2, 0) is 16.8 Å². The lowest BCUT2D eigenvalue weighted by Gasteiger charge is -2.51. The van der Waals surface area contributed by atoms with E-state index in [-0.39, 0.29) is 11.4 Å². The number of amides is 1. The Balaban J connectivity index is 1.45. The molecule has 3 heterocycles. The monoisotopic (exact) mass is 383 g/mol. The van der Waals surface area contributed by atoms with E-state index in [0.29, 0.717) is 6.42 Å². The molecule has 5 heteroatoms. The van der Waals surface area contributed by atoms with Crippen LogP contribution in [0.5, 0.6) is 0 Å². The lowest BCUT2D eigenvalue weighted by Crippen LogP contribution is -2.59. The molecule has 0 radical (unpaired) electrons. The summed E-state index contributed by atoms with van der Waals surface area (Å²) in [6.45, 7) is 5.88. The zero-order chi connectivity index (χ0) is 18.7. The molecule has 144 valence electrons. The first-order chi connectivity index (χ1) is 13.2. The van der Waals surface area contributed by atoms with Gasteiger partial charge in [0.05, 0.1) is 6.42 Å². The van der Waals surface area contributed by atoms with Crippen molar-refractivity contribution in [1.82, 2.24) is 14.7 Å². The van der Waals surface area contributed by atoms with Gasteiger partial charge in [-0.3, -0.25) is 9.69 Å². The van der Waals surface area contributed by atoms with Gasteiger partial charge < -0.3 is 9.80 Å². The molecule has 0 N–H and O–H groups in total. The number of piperidine rings is 1. The molecule has 2 aliphatic heterocycles. The Labute approximate surface area is 166 Å². The number of piperazine rings is 1. The van der Waals surface area contributed by atoms with Gasteiger partial charge in [-0.1, -0.05) is 36.4 Å². The third-order valence-corrected chi connectivity index (χ3v) is 7.14. The lowest BCUT2D eigenvalue weighted by atomic mass is 9.79. The molecule has 0 bridgehead atoms. The van der Waals surface area contributed by atoms with Gasteiger partial charge in [-0.25, -0.2) is 0 Å². The van der Waals surface area contributed by atoms with E-state index in [1.54, 1.807) is 11.3 Å². The second-order valence-corrected chi connectivity index (χ2v) is 8.86. The molecular formula is C22H29N3OS. The number of benzene rings is 1. The van der Waals surface area contributed by atoms with Crippen LogP contribution in [0.2, 0.25) is 0 Å². The van der Waals surface area contributed by atoms with Crippen LogP contribution in [0, 0.1) is 0 Å². The predicted molar refractivity (Wildman–Crippen MR) is 111 cm³/mol. The van der Waals surface area contributed by atoms with Gasteiger partial charge in [0.25, 0.3) is 0 Å². The van der Waals surface area contributed by atoms with Gasteiger partial charge in [0.2, 0.25) is 5.91 Å². The Hall–Kier alpha value is -1.69. The third-order valence-electron chi connectivity index (χ3n) is 6.27. The average Bonchev–Trinajstić information content (AvgIpc) is 3.23. The molecule has 0 aliphatic carbocycles. The average molecular weight is 384 g/mol. The molecule has 2 aliphatic rings. The van der Waals surface area contributed by atoms with E-state index in [9.17, 15) is 4.79 Å². The molecule has 27 heavy (non-hydrogen) atoms. The summed E-state index contributed by atoms with van der Waals surface area (Å²) in [4.78, 5) is 21.0. The number of hydrogen-bond acceptors (Lipinski definition) is 4. The minimum atomic E-state index is 0.122. The Morgan fingerprint density at radius 3 is 2.30 bits per heavy atom. The van der Waals surface area contributed by atoms with Crippen molar-refractivity contribution in [1.29, 1.82) is 0 Å². The molecule has 0 saturated carbocycles. The maximum Gasteiger partial charge on any atom is 0.227 e. The molecule has 1 aromatic heterocycles. The van der Waals surface area contributed by atoms with Crippen LogP contribution in [0.1, 0.15) is 23.3 Å². The first kappa shape index (κ1) is 18.7. The topological polar surface area (TPSA) is 26.8 Å². The minimum Gasteiger partial charge on any atom is -0.340 e. The van der Waals surface area contributed by atoms with E-state index in [1.165, 1.54) is 10.4 Å². The maximum absolute atomic E-state index is 12.6. The predicted octanol–water partition coefficient (Wildman–Crippen LogP) is 3.06. The van der Waals surface area contributed by atoms with Gasteiger partial charge in [0.1, 0.15) is 0 Å². The summed E-state index contributed by atoms with van der Waals surface area (Å²) >= 11 is 1.67. The van der Waals surface area contributed by atoms with Gasteiger partial charge in [0, 0.05) is 36.6 Å². The van der Waals surface area contributed by atoms with Gasteiger partial charge >= 0.3 is 0 Å². The van der Waals surface area contributed by atoms with Crippen LogP contribution < -0.4 is 0 Å². The van der Waals surface area contributed by atoms with Crippen LogP contribution in [0.15, 0.2) is 47.8 Å². The summed E-state index contributed by atoms with van der Waals surface area (Å²) in [5, 5.41) is 2.05. The molecule has 0 spiro atoms. The van der Waals surface area contributed by atoms with E-state index >= 15 is 0 Å². The van der Waals surface area contributed by atoms with Crippen LogP contribution in [-0.4, -0.2) is 66.9 Å². The van der Waals surface area contributed by atoms with Crippen molar-refractivity contribution >= 4 is 17.2 Å². The van der Waals surface area contributed by atoms with Gasteiger partial charge in [-0.05, 0) is 50.0 Å². The summed E-state index contributed by atoms with van der Waals surface area (Å²) in [7, 11) is 2.22. The Morgan fingerprint density at radius 2 is 1.67 bits per heavy atom. The van der Waals surface area contributed by atoms with Crippen molar-refractivity contribution in [3.63, 3.8) is 0 Å². The van der Waals surface area contributed by atoms with Crippen molar-refractivity contribution in [2.24, 2.45) is 0 Å². The fraction of sp³-hybridized carbons (Fsp3) is 0.500. The van der Waals surface area contributed by atoms with E-state index in [2.05, 4.69) is 58.1 Å². The summed E-state index contributed by atoms with van der Waals surface area (Å²) in [6, 6.07) is 15.1. The van der Waals surface area contributed by atoms with Crippen molar-refractivity contribution in [2.45, 2.75) is 24.8 Å². The van der Waals surface area contributed by atoms with Crippen molar-refractivity contribution in [3.8, 4) is 0 Å². The molecule has 0 unspecified atom stereocenters. The van der Waals surface area contributed by atoms with Crippen LogP contribution >= 0.6 is 11.3 Å². The Kier molecular flexibility index (Phi) is 5.62. The Morgan fingerprint density at radius 1 is 0.963 bits per heavy atom. The first-order valence-electron chi connectivity index (χ1n) is 9.97. The number of carbonyl (C=O) groups is 1. The fourth-order valence-electron chi connectivity index (χ4n) is 4.58. The van der Waals surface area contributed by atoms with Gasteiger partial charge in [-0.2, -0.15) is 0 Å². The quantitative estimate of drug-likeness (QED) is 0.812. The highest BCUT2D eigenvalue weighted by Gasteiger charge is 2.42. The SMILES string of the molecule is CN1CCC(c2ccccc2)(N2CCN(C(=O)Cc3cccs3)CC2)CC1. The summed E-state index contributed by atoms with van der Waals surface area (Å²) in [6.07, 6.45) is 2.87. The summed E-state index contributed by atoms with van der Waals surface area (Å²) in [5.74, 6) is 0.272. The second-order valence-electron chi connectivity index (χ2n) is 7.82. The van der Waals surface area contributed by atoms with Gasteiger partial charge in [0.15, 0.2) is 0 Å². The molecule has 2 saturated heterocycles. The second kappa shape index (κ2) is 8.13. The molecule has 2 aromatic rings. The number of nitrogens with zero attached hydrogens (tertiary/aromatic N) is 3. The van der Waals surface area contributed by atoms with Crippen molar-refractivity contribution in [2.75, 3.05) is 46.3 Å². The molecular weight excluding hydrogens is 354 g/mol. The Bertz CT molecular complexity index is 730. The highest BCUT2D eigenvalue weighted by atomic mass is 32.1. The number of hydrogen-bond donors (Lipinski definition) is 0. The maximum atomic E-state index is 12.6. The molecule has 4 nitrogen and oxygen atoms in total. The minimum absolute atomic E-state index is 0.122. The molecule has 2 fully saturated rings. The smallest absolute Gasteiger partial charge is 0.227 e. The molecule has 4 rings (SSSR count).